The summed E-state index contributed by atoms with van der Waals surface area (Å²) in [5.74, 6) is 0. The van der Waals surface area contributed by atoms with Crippen molar-refractivity contribution in [2.45, 2.75) is 30.6 Å². The summed E-state index contributed by atoms with van der Waals surface area (Å²) in [5.41, 5.74) is 0.482. The SMILES string of the molecule is CNC(C)C(F)(F)OCc1ccc(S(C)(=O)=O)cc1. The molecule has 0 bridgehead atoms. The van der Waals surface area contributed by atoms with Crippen LogP contribution in [0.3, 0.4) is 0 Å². The molecule has 0 saturated heterocycles. The Morgan fingerprint density at radius 1 is 1.32 bits per heavy atom. The molecule has 1 unspecified atom stereocenters. The zero-order valence-corrected chi connectivity index (χ0v) is 11.8. The molecule has 1 rings (SSSR count). The van der Waals surface area contributed by atoms with Crippen molar-refractivity contribution in [1.29, 1.82) is 0 Å². The fourth-order valence-electron chi connectivity index (χ4n) is 1.31. The molecular weight excluding hydrogens is 276 g/mol. The second-order valence-electron chi connectivity index (χ2n) is 4.28. The van der Waals surface area contributed by atoms with Crippen LogP contribution in [0.4, 0.5) is 8.78 Å². The number of sulfone groups is 1. The third kappa shape index (κ3) is 4.52. The van der Waals surface area contributed by atoms with Crippen LogP contribution in [-0.2, 0) is 21.2 Å². The number of likely N-dealkylation sites (N-methyl/N-ethyl adjacent to an activating group) is 1. The fraction of sp³-hybridized carbons (Fsp3) is 0.500. The Bertz CT molecular complexity index is 514. The van der Waals surface area contributed by atoms with Gasteiger partial charge in [0.2, 0.25) is 0 Å². The van der Waals surface area contributed by atoms with Gasteiger partial charge in [0, 0.05) is 6.26 Å². The molecule has 0 aliphatic heterocycles. The molecule has 1 aromatic rings. The van der Waals surface area contributed by atoms with Crippen LogP contribution in [0.25, 0.3) is 0 Å². The monoisotopic (exact) mass is 293 g/mol. The molecule has 108 valence electrons. The van der Waals surface area contributed by atoms with Gasteiger partial charge >= 0.3 is 6.11 Å². The number of halogens is 2. The molecule has 0 fully saturated rings. The lowest BCUT2D eigenvalue weighted by atomic mass is 10.2. The maximum absolute atomic E-state index is 13.4. The zero-order chi connectivity index (χ0) is 14.7. The third-order valence-electron chi connectivity index (χ3n) is 2.72. The summed E-state index contributed by atoms with van der Waals surface area (Å²) in [7, 11) is -1.86. The molecule has 19 heavy (non-hydrogen) atoms. The molecule has 1 atom stereocenters. The first-order valence-electron chi connectivity index (χ1n) is 5.65. The van der Waals surface area contributed by atoms with E-state index >= 15 is 0 Å². The maximum Gasteiger partial charge on any atom is 0.371 e. The van der Waals surface area contributed by atoms with Crippen LogP contribution >= 0.6 is 0 Å². The quantitative estimate of drug-likeness (QED) is 0.869. The van der Waals surface area contributed by atoms with Crippen molar-refractivity contribution in [1.82, 2.24) is 5.32 Å². The summed E-state index contributed by atoms with van der Waals surface area (Å²) < 4.78 is 53.8. The van der Waals surface area contributed by atoms with Crippen molar-refractivity contribution in [3.63, 3.8) is 0 Å². The first kappa shape index (κ1) is 16.0. The Hall–Kier alpha value is -1.05. The van der Waals surface area contributed by atoms with E-state index in [0.29, 0.717) is 5.56 Å². The van der Waals surface area contributed by atoms with Gasteiger partial charge in [-0.25, -0.2) is 8.42 Å². The van der Waals surface area contributed by atoms with E-state index in [1.165, 1.54) is 38.2 Å². The predicted octanol–water partition coefficient (Wildman–Crippen LogP) is 1.81. The van der Waals surface area contributed by atoms with Gasteiger partial charge in [0.25, 0.3) is 0 Å². The number of hydrogen-bond donors (Lipinski definition) is 1. The highest BCUT2D eigenvalue weighted by Crippen LogP contribution is 2.22. The highest BCUT2D eigenvalue weighted by atomic mass is 32.2. The molecule has 0 amide bonds. The number of alkyl halides is 2. The molecule has 0 saturated carbocycles. The van der Waals surface area contributed by atoms with Crippen molar-refractivity contribution in [2.75, 3.05) is 13.3 Å². The van der Waals surface area contributed by atoms with Gasteiger partial charge < -0.3 is 10.1 Å². The zero-order valence-electron chi connectivity index (χ0n) is 11.0. The van der Waals surface area contributed by atoms with Crippen molar-refractivity contribution >= 4 is 9.84 Å². The molecule has 0 aliphatic carbocycles. The minimum Gasteiger partial charge on any atom is -0.314 e. The topological polar surface area (TPSA) is 55.4 Å². The van der Waals surface area contributed by atoms with Gasteiger partial charge in [0.05, 0.1) is 17.5 Å². The molecule has 0 spiro atoms. The summed E-state index contributed by atoms with van der Waals surface area (Å²) >= 11 is 0. The molecule has 1 N–H and O–H groups in total. The van der Waals surface area contributed by atoms with Crippen LogP contribution in [0.1, 0.15) is 12.5 Å². The third-order valence-corrected chi connectivity index (χ3v) is 3.85. The summed E-state index contributed by atoms with van der Waals surface area (Å²) in [6.45, 7) is 1.02. The van der Waals surface area contributed by atoms with Crippen LogP contribution < -0.4 is 5.32 Å². The van der Waals surface area contributed by atoms with Crippen molar-refractivity contribution < 1.29 is 21.9 Å². The van der Waals surface area contributed by atoms with Gasteiger partial charge in [0.15, 0.2) is 9.84 Å². The van der Waals surface area contributed by atoms with Gasteiger partial charge in [0.1, 0.15) is 0 Å². The van der Waals surface area contributed by atoms with Gasteiger partial charge in [-0.3, -0.25) is 0 Å². The lowest BCUT2D eigenvalue weighted by molar-refractivity contribution is -0.259. The van der Waals surface area contributed by atoms with Crippen LogP contribution in [0.5, 0.6) is 0 Å². The fourth-order valence-corrected chi connectivity index (χ4v) is 1.94. The number of benzene rings is 1. The Morgan fingerprint density at radius 2 is 1.84 bits per heavy atom. The predicted molar refractivity (Wildman–Crippen MR) is 67.8 cm³/mol. The first-order chi connectivity index (χ1) is 8.66. The standard InChI is InChI=1S/C12H17F2NO3S/c1-9(15-2)12(13,14)18-8-10-4-6-11(7-5-10)19(3,16)17/h4-7,9,15H,8H2,1-3H3. The molecule has 4 nitrogen and oxygen atoms in total. The molecule has 0 radical (unpaired) electrons. The van der Waals surface area contributed by atoms with Crippen molar-refractivity contribution in [3.05, 3.63) is 29.8 Å². The lowest BCUT2D eigenvalue weighted by Crippen LogP contribution is -2.42. The van der Waals surface area contributed by atoms with E-state index < -0.39 is 22.0 Å². The van der Waals surface area contributed by atoms with Gasteiger partial charge in [-0.15, -0.1) is 0 Å². The number of nitrogens with one attached hydrogen (secondary N) is 1. The van der Waals surface area contributed by atoms with Crippen LogP contribution in [0, 0.1) is 0 Å². The minimum absolute atomic E-state index is 0.145. The summed E-state index contributed by atoms with van der Waals surface area (Å²) in [4.78, 5) is 0.145. The summed E-state index contributed by atoms with van der Waals surface area (Å²) in [6.07, 6.45) is -2.20. The van der Waals surface area contributed by atoms with Gasteiger partial charge in [-0.1, -0.05) is 12.1 Å². The Balaban J connectivity index is 2.70. The molecule has 0 aromatic heterocycles. The molecule has 0 aliphatic rings. The Kier molecular flexibility index (Phi) is 5.00. The average molecular weight is 293 g/mol. The number of hydrogen-bond acceptors (Lipinski definition) is 4. The molecule has 7 heteroatoms. The number of rotatable bonds is 6. The van der Waals surface area contributed by atoms with E-state index in [-0.39, 0.29) is 11.5 Å². The van der Waals surface area contributed by atoms with E-state index in [2.05, 4.69) is 10.1 Å². The van der Waals surface area contributed by atoms with Crippen LogP contribution in [0.15, 0.2) is 29.2 Å². The Morgan fingerprint density at radius 3 is 2.26 bits per heavy atom. The van der Waals surface area contributed by atoms with Crippen molar-refractivity contribution in [2.24, 2.45) is 0 Å². The summed E-state index contributed by atoms with van der Waals surface area (Å²) in [5, 5.41) is 2.42. The molecule has 1 aromatic carbocycles. The van der Waals surface area contributed by atoms with Crippen LogP contribution in [-0.4, -0.2) is 33.9 Å². The van der Waals surface area contributed by atoms with Crippen LogP contribution in [0.2, 0.25) is 0 Å². The van der Waals surface area contributed by atoms with Gasteiger partial charge in [-0.05, 0) is 31.7 Å². The normalized spacial score (nSPS) is 14.4. The van der Waals surface area contributed by atoms with E-state index in [4.69, 9.17) is 0 Å². The average Bonchev–Trinajstić information content (AvgIpc) is 2.35. The van der Waals surface area contributed by atoms with E-state index in [1.807, 2.05) is 0 Å². The van der Waals surface area contributed by atoms with E-state index in [1.54, 1.807) is 0 Å². The van der Waals surface area contributed by atoms with E-state index in [9.17, 15) is 17.2 Å². The van der Waals surface area contributed by atoms with Gasteiger partial charge in [-0.2, -0.15) is 8.78 Å². The van der Waals surface area contributed by atoms with E-state index in [0.717, 1.165) is 6.26 Å². The molecule has 0 heterocycles. The first-order valence-corrected chi connectivity index (χ1v) is 7.54. The smallest absolute Gasteiger partial charge is 0.314 e. The molecular formula is C12H17F2NO3S. The lowest BCUT2D eigenvalue weighted by Gasteiger charge is -2.23. The second-order valence-corrected chi connectivity index (χ2v) is 6.29. The number of ether oxygens (including phenoxy) is 1. The minimum atomic E-state index is -3.29. The summed E-state index contributed by atoms with van der Waals surface area (Å²) in [6, 6.07) is 4.54. The Labute approximate surface area is 111 Å². The maximum atomic E-state index is 13.4. The van der Waals surface area contributed by atoms with Crippen molar-refractivity contribution in [3.8, 4) is 0 Å². The second kappa shape index (κ2) is 5.94. The largest absolute Gasteiger partial charge is 0.371 e. The highest BCUT2D eigenvalue weighted by molar-refractivity contribution is 7.90. The highest BCUT2D eigenvalue weighted by Gasteiger charge is 2.36.